The van der Waals surface area contributed by atoms with Crippen molar-refractivity contribution < 1.29 is 14.5 Å². The second-order valence-corrected chi connectivity index (χ2v) is 8.90. The molecule has 0 saturated carbocycles. The number of rotatable bonds is 7. The zero-order chi connectivity index (χ0) is 25.7. The van der Waals surface area contributed by atoms with Gasteiger partial charge in [0.25, 0.3) is 11.6 Å². The van der Waals surface area contributed by atoms with E-state index in [9.17, 15) is 14.9 Å². The van der Waals surface area contributed by atoms with Gasteiger partial charge < -0.3 is 10.1 Å². The van der Waals surface area contributed by atoms with E-state index >= 15 is 0 Å². The maximum atomic E-state index is 13.3. The highest BCUT2D eigenvalue weighted by Crippen LogP contribution is 2.28. The highest BCUT2D eigenvalue weighted by Gasteiger charge is 2.18. The smallest absolute Gasteiger partial charge is 0.292 e. The van der Waals surface area contributed by atoms with Crippen LogP contribution >= 0.6 is 12.2 Å². The SMILES string of the molecule is CC(C)COc1cccc(-c2cc(C(=O)NC(=S)Nc3ccccc3[N+](=O)[O-])c3ccccc3n2)c1. The first-order chi connectivity index (χ1) is 17.3. The van der Waals surface area contributed by atoms with Crippen LogP contribution in [0.2, 0.25) is 0 Å². The molecule has 8 nitrogen and oxygen atoms in total. The average molecular weight is 501 g/mol. The first-order valence-electron chi connectivity index (χ1n) is 11.3. The van der Waals surface area contributed by atoms with E-state index in [2.05, 4.69) is 24.5 Å². The number of amides is 1. The Bertz CT molecular complexity index is 1450. The molecule has 0 unspecified atom stereocenters. The molecule has 4 rings (SSSR count). The summed E-state index contributed by atoms with van der Waals surface area (Å²) in [5.41, 5.74) is 2.46. The topological polar surface area (TPSA) is 106 Å². The summed E-state index contributed by atoms with van der Waals surface area (Å²) in [4.78, 5) is 28.8. The predicted octanol–water partition coefficient (Wildman–Crippen LogP) is 5.97. The van der Waals surface area contributed by atoms with Crippen LogP contribution in [0.4, 0.5) is 11.4 Å². The fourth-order valence-corrected chi connectivity index (χ4v) is 3.78. The van der Waals surface area contributed by atoms with Gasteiger partial charge in [0, 0.05) is 17.0 Å². The number of benzene rings is 3. The minimum atomic E-state index is -0.519. The standard InChI is InChI=1S/C27H24N4O4S/c1-17(2)16-35-19-9-7-8-18(14-19)24-15-21(20-10-3-4-11-22(20)28-24)26(32)30-27(36)29-23-12-5-6-13-25(23)31(33)34/h3-15,17H,16H2,1-2H3,(H2,29,30,32,36). The van der Waals surface area contributed by atoms with Gasteiger partial charge in [0.1, 0.15) is 11.4 Å². The van der Waals surface area contributed by atoms with Crippen molar-refractivity contribution in [1.82, 2.24) is 10.3 Å². The number of aromatic nitrogens is 1. The first-order valence-corrected chi connectivity index (χ1v) is 11.7. The highest BCUT2D eigenvalue weighted by atomic mass is 32.1. The Morgan fingerprint density at radius 2 is 1.81 bits per heavy atom. The maximum absolute atomic E-state index is 13.3. The van der Waals surface area contributed by atoms with Gasteiger partial charge in [0.15, 0.2) is 5.11 Å². The van der Waals surface area contributed by atoms with E-state index < -0.39 is 10.8 Å². The van der Waals surface area contributed by atoms with Crippen LogP contribution in [0.3, 0.4) is 0 Å². The molecule has 0 aliphatic rings. The lowest BCUT2D eigenvalue weighted by molar-refractivity contribution is -0.383. The van der Waals surface area contributed by atoms with E-state index in [1.807, 2.05) is 48.5 Å². The molecule has 0 radical (unpaired) electrons. The van der Waals surface area contributed by atoms with Gasteiger partial charge in [-0.15, -0.1) is 0 Å². The van der Waals surface area contributed by atoms with Crippen LogP contribution in [0.1, 0.15) is 24.2 Å². The van der Waals surface area contributed by atoms with Crippen LogP contribution in [0.15, 0.2) is 78.9 Å². The summed E-state index contributed by atoms with van der Waals surface area (Å²) >= 11 is 5.28. The van der Waals surface area contributed by atoms with Gasteiger partial charge in [-0.25, -0.2) is 4.98 Å². The molecule has 9 heteroatoms. The van der Waals surface area contributed by atoms with Gasteiger partial charge in [-0.3, -0.25) is 20.2 Å². The fraction of sp³-hybridized carbons (Fsp3) is 0.148. The lowest BCUT2D eigenvalue weighted by Crippen LogP contribution is -2.34. The lowest BCUT2D eigenvalue weighted by Gasteiger charge is -2.13. The monoisotopic (exact) mass is 500 g/mol. The van der Waals surface area contributed by atoms with Crippen LogP contribution in [-0.2, 0) is 0 Å². The molecule has 36 heavy (non-hydrogen) atoms. The number of hydrogen-bond acceptors (Lipinski definition) is 6. The number of carbonyl (C=O) groups is 1. The quantitative estimate of drug-likeness (QED) is 0.183. The number of carbonyl (C=O) groups excluding carboxylic acids is 1. The normalized spacial score (nSPS) is 10.8. The van der Waals surface area contributed by atoms with Crippen molar-refractivity contribution in [2.24, 2.45) is 5.92 Å². The minimum absolute atomic E-state index is 0.0548. The molecule has 0 spiro atoms. The molecule has 0 atom stereocenters. The van der Waals surface area contributed by atoms with Crippen molar-refractivity contribution in [3.8, 4) is 17.0 Å². The maximum Gasteiger partial charge on any atom is 0.292 e. The van der Waals surface area contributed by atoms with Crippen LogP contribution in [0.25, 0.3) is 22.2 Å². The molecule has 0 fully saturated rings. The second kappa shape index (κ2) is 10.9. The Balaban J connectivity index is 1.63. The number of fused-ring (bicyclic) bond motifs is 1. The summed E-state index contributed by atoms with van der Waals surface area (Å²) in [6, 6.07) is 22.6. The third-order valence-corrected chi connectivity index (χ3v) is 5.45. The molecule has 2 N–H and O–H groups in total. The minimum Gasteiger partial charge on any atom is -0.493 e. The Morgan fingerprint density at radius 3 is 2.58 bits per heavy atom. The number of anilines is 1. The number of nitro groups is 1. The number of nitro benzene ring substituents is 1. The van der Waals surface area contributed by atoms with E-state index in [-0.39, 0.29) is 16.5 Å². The molecule has 1 aromatic heterocycles. The van der Waals surface area contributed by atoms with Crippen molar-refractivity contribution in [1.29, 1.82) is 0 Å². The van der Waals surface area contributed by atoms with Gasteiger partial charge in [0.05, 0.1) is 28.3 Å². The molecule has 3 aromatic carbocycles. The summed E-state index contributed by atoms with van der Waals surface area (Å²) < 4.78 is 5.85. The number of nitrogens with zero attached hydrogens (tertiary/aromatic N) is 2. The van der Waals surface area contributed by atoms with Crippen LogP contribution < -0.4 is 15.4 Å². The summed E-state index contributed by atoms with van der Waals surface area (Å²) in [6.07, 6.45) is 0. The number of para-hydroxylation sites is 3. The summed E-state index contributed by atoms with van der Waals surface area (Å²) in [7, 11) is 0. The van der Waals surface area contributed by atoms with Crippen molar-refractivity contribution in [3.05, 3.63) is 94.5 Å². The lowest BCUT2D eigenvalue weighted by atomic mass is 10.0. The van der Waals surface area contributed by atoms with E-state index in [0.29, 0.717) is 34.7 Å². The van der Waals surface area contributed by atoms with Gasteiger partial charge in [-0.2, -0.15) is 0 Å². The molecule has 0 aliphatic carbocycles. The molecule has 1 heterocycles. The summed E-state index contributed by atoms with van der Waals surface area (Å²) in [5, 5.41) is 17.3. The van der Waals surface area contributed by atoms with Gasteiger partial charge in [-0.1, -0.05) is 56.3 Å². The molecule has 0 bridgehead atoms. The average Bonchev–Trinajstić information content (AvgIpc) is 2.87. The van der Waals surface area contributed by atoms with E-state index in [1.54, 1.807) is 18.2 Å². The van der Waals surface area contributed by atoms with Gasteiger partial charge >= 0.3 is 0 Å². The Kier molecular flexibility index (Phi) is 7.50. The van der Waals surface area contributed by atoms with Crippen molar-refractivity contribution in [2.75, 3.05) is 11.9 Å². The molecular weight excluding hydrogens is 476 g/mol. The molecule has 0 saturated heterocycles. The largest absolute Gasteiger partial charge is 0.493 e. The number of ether oxygens (including phenoxy) is 1. The molecule has 182 valence electrons. The summed E-state index contributed by atoms with van der Waals surface area (Å²) in [5.74, 6) is 0.646. The summed E-state index contributed by atoms with van der Waals surface area (Å²) in [6.45, 7) is 4.75. The van der Waals surface area contributed by atoms with Crippen molar-refractivity contribution in [3.63, 3.8) is 0 Å². The van der Waals surface area contributed by atoms with Crippen LogP contribution in [-0.4, -0.2) is 27.5 Å². The zero-order valence-corrected chi connectivity index (χ0v) is 20.5. The molecule has 1 amide bonds. The van der Waals surface area contributed by atoms with Crippen molar-refractivity contribution >= 4 is 45.5 Å². The second-order valence-electron chi connectivity index (χ2n) is 8.49. The fourth-order valence-electron chi connectivity index (χ4n) is 3.58. The van der Waals surface area contributed by atoms with Gasteiger partial charge in [0.2, 0.25) is 0 Å². The van der Waals surface area contributed by atoms with Crippen LogP contribution in [0, 0.1) is 16.0 Å². The Hall–Kier alpha value is -4.37. The third kappa shape index (κ3) is 5.81. The van der Waals surface area contributed by atoms with Crippen molar-refractivity contribution in [2.45, 2.75) is 13.8 Å². The van der Waals surface area contributed by atoms with E-state index in [0.717, 1.165) is 11.3 Å². The number of nitrogens with one attached hydrogen (secondary N) is 2. The Morgan fingerprint density at radius 1 is 1.06 bits per heavy atom. The first kappa shape index (κ1) is 24.7. The van der Waals surface area contributed by atoms with E-state index in [4.69, 9.17) is 21.9 Å². The molecule has 0 aliphatic heterocycles. The number of hydrogen-bond donors (Lipinski definition) is 2. The van der Waals surface area contributed by atoms with Crippen LogP contribution in [0.5, 0.6) is 5.75 Å². The zero-order valence-electron chi connectivity index (χ0n) is 19.7. The molecule has 4 aromatic rings. The number of thiocarbonyl (C=S) groups is 1. The van der Waals surface area contributed by atoms with E-state index in [1.165, 1.54) is 12.1 Å². The highest BCUT2D eigenvalue weighted by molar-refractivity contribution is 7.80. The molecular formula is C27H24N4O4S. The predicted molar refractivity (Wildman–Crippen MR) is 144 cm³/mol. The van der Waals surface area contributed by atoms with Gasteiger partial charge in [-0.05, 0) is 48.5 Å². The Labute approximate surface area is 213 Å². The number of pyridine rings is 1. The third-order valence-electron chi connectivity index (χ3n) is 5.25.